The van der Waals surface area contributed by atoms with Crippen molar-refractivity contribution in [3.8, 4) is 0 Å². The number of nitrogens with zero attached hydrogens (tertiary/aromatic N) is 1. The summed E-state index contributed by atoms with van der Waals surface area (Å²) in [5.41, 5.74) is 0.0764. The molecule has 6 atom stereocenters. The van der Waals surface area contributed by atoms with Gasteiger partial charge in [-0.2, -0.15) is 0 Å². The van der Waals surface area contributed by atoms with Crippen LogP contribution in [0, 0.1) is 17.8 Å². The normalized spacial score (nSPS) is 34.9. The van der Waals surface area contributed by atoms with Crippen molar-refractivity contribution in [1.82, 2.24) is 4.90 Å². The fourth-order valence-corrected chi connectivity index (χ4v) is 6.55. The second kappa shape index (κ2) is 14.6. The Labute approximate surface area is 235 Å². The second-order valence-electron chi connectivity index (χ2n) is 12.7. The number of carbonyl (C=O) groups is 4. The number of ether oxygens (including phenoxy) is 2. The highest BCUT2D eigenvalue weighted by atomic mass is 16.5. The third kappa shape index (κ3) is 8.25. The lowest BCUT2D eigenvalue weighted by Crippen LogP contribution is -2.60. The van der Waals surface area contributed by atoms with Crippen LogP contribution < -0.4 is 0 Å². The third-order valence-electron chi connectivity index (χ3n) is 9.09. The van der Waals surface area contributed by atoms with E-state index in [2.05, 4.69) is 19.9 Å². The molecule has 0 N–H and O–H groups in total. The minimum atomic E-state index is -1.15. The maximum atomic E-state index is 14.0. The van der Waals surface area contributed by atoms with Crippen molar-refractivity contribution in [2.75, 3.05) is 13.2 Å². The Morgan fingerprint density at radius 2 is 1.69 bits per heavy atom. The molecule has 6 unspecified atom stereocenters. The molecule has 3 heterocycles. The van der Waals surface area contributed by atoms with Gasteiger partial charge in [-0.15, -0.1) is 0 Å². The molecule has 2 bridgehead atoms. The number of carbonyl (C=O) groups excluding carboxylic acids is 4. The van der Waals surface area contributed by atoms with Gasteiger partial charge in [-0.05, 0) is 88.9 Å². The monoisotopic (exact) mass is 545 g/mol. The summed E-state index contributed by atoms with van der Waals surface area (Å²) >= 11 is 0. The number of fused-ring (bicyclic) bond motifs is 3. The van der Waals surface area contributed by atoms with Crippen LogP contribution in [0.25, 0.3) is 0 Å². The van der Waals surface area contributed by atoms with E-state index in [1.807, 2.05) is 20.8 Å². The Balaban J connectivity index is 1.87. The van der Waals surface area contributed by atoms with E-state index in [9.17, 15) is 19.2 Å². The van der Waals surface area contributed by atoms with E-state index in [4.69, 9.17) is 9.47 Å². The molecule has 2 fully saturated rings. The number of esters is 1. The Morgan fingerprint density at radius 1 is 0.949 bits per heavy atom. The zero-order chi connectivity index (χ0) is 28.6. The van der Waals surface area contributed by atoms with Gasteiger partial charge in [0.1, 0.15) is 17.4 Å². The Hall–Kier alpha value is -2.02. The lowest BCUT2D eigenvalue weighted by atomic mass is 9.74. The molecule has 2 saturated heterocycles. The van der Waals surface area contributed by atoms with Gasteiger partial charge in [0.25, 0.3) is 11.7 Å². The van der Waals surface area contributed by atoms with Gasteiger partial charge in [-0.1, -0.05) is 45.8 Å². The van der Waals surface area contributed by atoms with Crippen LogP contribution in [-0.2, 0) is 28.7 Å². The van der Waals surface area contributed by atoms with E-state index >= 15 is 0 Å². The average molecular weight is 546 g/mol. The summed E-state index contributed by atoms with van der Waals surface area (Å²) in [5.74, 6) is -0.945. The number of allylic oxidation sites excluding steroid dienone is 2. The molecule has 1 amide bonds. The third-order valence-corrected chi connectivity index (χ3v) is 9.09. The quantitative estimate of drug-likeness (QED) is 0.241. The molecule has 7 nitrogen and oxygen atoms in total. The van der Waals surface area contributed by atoms with Crippen LogP contribution in [0.4, 0.5) is 0 Å². The molecule has 3 aliphatic rings. The first-order valence-electron chi connectivity index (χ1n) is 15.4. The number of piperidine rings is 1. The van der Waals surface area contributed by atoms with Crippen LogP contribution in [0.15, 0.2) is 11.6 Å². The zero-order valence-corrected chi connectivity index (χ0v) is 25.0. The van der Waals surface area contributed by atoms with Gasteiger partial charge in [0.2, 0.25) is 0 Å². The Bertz CT molecular complexity index is 912. The summed E-state index contributed by atoms with van der Waals surface area (Å²) in [6.45, 7) is 10.9. The lowest BCUT2D eigenvalue weighted by Gasteiger charge is -2.46. The smallest absolute Gasteiger partial charge is 0.328 e. The molecule has 39 heavy (non-hydrogen) atoms. The van der Waals surface area contributed by atoms with Gasteiger partial charge >= 0.3 is 5.97 Å². The molecule has 7 heteroatoms. The standard InChI is InChI=1S/C32H51NO6/c1-6-18-32-25(5)13-17-27(39-32)16-12-23(3)20-22(2)10-14-26(34)15-11-24(4)21-38-31(37)28-9-7-8-19-33(28)30(36)29(32)35/h10,23-25,27-28H,6-9,11-21H2,1-5H3. The fraction of sp³-hybridized carbons (Fsp3) is 0.812. The minimum absolute atomic E-state index is 0.0349. The zero-order valence-electron chi connectivity index (χ0n) is 25.0. The SMILES string of the molecule is CCCC12OC(CCC(C)CC(C)=CCC(=O)CCC(C)COC(=O)C3CCCCN3C(=O)C1=O)CCC2C. The van der Waals surface area contributed by atoms with Crippen molar-refractivity contribution >= 4 is 23.4 Å². The molecule has 0 aliphatic carbocycles. The van der Waals surface area contributed by atoms with E-state index < -0.39 is 29.3 Å². The van der Waals surface area contributed by atoms with Crippen LogP contribution in [-0.4, -0.2) is 59.2 Å². The van der Waals surface area contributed by atoms with Crippen molar-refractivity contribution in [2.24, 2.45) is 17.8 Å². The van der Waals surface area contributed by atoms with Crippen LogP contribution in [0.3, 0.4) is 0 Å². The topological polar surface area (TPSA) is 90.0 Å². The molecular formula is C32H51NO6. The van der Waals surface area contributed by atoms with Gasteiger partial charge in [-0.3, -0.25) is 14.4 Å². The second-order valence-corrected chi connectivity index (χ2v) is 12.7. The molecule has 0 spiro atoms. The number of rotatable bonds is 2. The van der Waals surface area contributed by atoms with Crippen LogP contribution in [0.1, 0.15) is 118 Å². The summed E-state index contributed by atoms with van der Waals surface area (Å²) in [5, 5.41) is 0. The van der Waals surface area contributed by atoms with Crippen molar-refractivity contribution in [2.45, 2.75) is 136 Å². The predicted molar refractivity (Wildman–Crippen MR) is 151 cm³/mol. The van der Waals surface area contributed by atoms with Gasteiger partial charge in [0.15, 0.2) is 0 Å². The number of hydrogen-bond acceptors (Lipinski definition) is 6. The first kappa shape index (κ1) is 31.5. The summed E-state index contributed by atoms with van der Waals surface area (Å²) in [6.07, 6.45) is 11.3. The van der Waals surface area contributed by atoms with Crippen molar-refractivity contribution < 1.29 is 28.7 Å². The van der Waals surface area contributed by atoms with Crippen molar-refractivity contribution in [3.63, 3.8) is 0 Å². The van der Waals surface area contributed by atoms with E-state index in [-0.39, 0.29) is 30.3 Å². The van der Waals surface area contributed by atoms with Gasteiger partial charge in [-0.25, -0.2) is 4.79 Å². The van der Waals surface area contributed by atoms with E-state index in [0.717, 1.165) is 51.4 Å². The summed E-state index contributed by atoms with van der Waals surface area (Å²) in [4.78, 5) is 54.9. The van der Waals surface area contributed by atoms with Gasteiger partial charge < -0.3 is 14.4 Å². The summed E-state index contributed by atoms with van der Waals surface area (Å²) < 4.78 is 12.3. The molecule has 0 saturated carbocycles. The molecular weight excluding hydrogens is 494 g/mol. The predicted octanol–water partition coefficient (Wildman–Crippen LogP) is 5.98. The molecule has 220 valence electrons. The number of Topliss-reactive ketones (excluding diaryl/α,β-unsaturated/α-hetero) is 2. The summed E-state index contributed by atoms with van der Waals surface area (Å²) in [6, 6.07) is -0.750. The minimum Gasteiger partial charge on any atom is -0.464 e. The van der Waals surface area contributed by atoms with Crippen molar-refractivity contribution in [3.05, 3.63) is 11.6 Å². The largest absolute Gasteiger partial charge is 0.464 e. The molecule has 3 aliphatic heterocycles. The van der Waals surface area contributed by atoms with Crippen LogP contribution in [0.5, 0.6) is 0 Å². The fourth-order valence-electron chi connectivity index (χ4n) is 6.55. The molecule has 0 radical (unpaired) electrons. The van der Waals surface area contributed by atoms with E-state index in [0.29, 0.717) is 44.6 Å². The van der Waals surface area contributed by atoms with Gasteiger partial charge in [0, 0.05) is 19.4 Å². The lowest BCUT2D eigenvalue weighted by molar-refractivity contribution is -0.188. The summed E-state index contributed by atoms with van der Waals surface area (Å²) in [7, 11) is 0. The maximum Gasteiger partial charge on any atom is 0.328 e. The average Bonchev–Trinajstić information content (AvgIpc) is 2.92. The highest BCUT2D eigenvalue weighted by molar-refractivity contribution is 6.39. The molecule has 0 aromatic carbocycles. The number of hydrogen-bond donors (Lipinski definition) is 0. The molecule has 0 aromatic rings. The number of amides is 1. The van der Waals surface area contributed by atoms with E-state index in [1.165, 1.54) is 10.5 Å². The highest BCUT2D eigenvalue weighted by Gasteiger charge is 2.52. The highest BCUT2D eigenvalue weighted by Crippen LogP contribution is 2.41. The van der Waals surface area contributed by atoms with Crippen LogP contribution in [0.2, 0.25) is 0 Å². The first-order chi connectivity index (χ1) is 18.6. The Morgan fingerprint density at radius 3 is 2.44 bits per heavy atom. The maximum absolute atomic E-state index is 14.0. The molecule has 0 aromatic heterocycles. The van der Waals surface area contributed by atoms with Crippen molar-refractivity contribution in [1.29, 1.82) is 0 Å². The van der Waals surface area contributed by atoms with Gasteiger partial charge in [0.05, 0.1) is 12.7 Å². The number of cyclic esters (lactones) is 1. The first-order valence-corrected chi connectivity index (χ1v) is 15.4. The Kier molecular flexibility index (Phi) is 11.8. The van der Waals surface area contributed by atoms with Crippen LogP contribution >= 0.6 is 0 Å². The van der Waals surface area contributed by atoms with E-state index in [1.54, 1.807) is 0 Å². The molecule has 3 rings (SSSR count). The number of ketones is 2.